The van der Waals surface area contributed by atoms with E-state index in [-0.39, 0.29) is 17.2 Å². The zero-order valence-electron chi connectivity index (χ0n) is 10.1. The smallest absolute Gasteiger partial charge is 0.223 e. The van der Waals surface area contributed by atoms with Gasteiger partial charge in [0.15, 0.2) is 0 Å². The molecule has 1 aromatic heterocycles. The van der Waals surface area contributed by atoms with Gasteiger partial charge in [-0.05, 0) is 25.7 Å². The quantitative estimate of drug-likeness (QED) is 0.886. The van der Waals surface area contributed by atoms with Crippen LogP contribution in [0.1, 0.15) is 25.7 Å². The second kappa shape index (κ2) is 3.66. The Kier molecular flexibility index (Phi) is 2.18. The molecule has 1 amide bonds. The molecule has 0 radical (unpaired) electrons. The summed E-state index contributed by atoms with van der Waals surface area (Å²) in [5, 5.41) is 12.1. The molecule has 0 unspecified atom stereocenters. The zero-order chi connectivity index (χ0) is 12.2. The van der Waals surface area contributed by atoms with Crippen molar-refractivity contribution in [3.8, 4) is 0 Å². The summed E-state index contributed by atoms with van der Waals surface area (Å²) in [6.07, 6.45) is 4.51. The van der Waals surface area contributed by atoms with E-state index in [4.69, 9.17) is 0 Å². The van der Waals surface area contributed by atoms with Gasteiger partial charge in [-0.25, -0.2) is 0 Å². The lowest BCUT2D eigenvalue weighted by atomic mass is 10.0. The lowest BCUT2D eigenvalue weighted by molar-refractivity contribution is -0.123. The maximum atomic E-state index is 12.1. The molecule has 3 aliphatic rings. The molecule has 0 bridgehead atoms. The van der Waals surface area contributed by atoms with E-state index in [1.54, 1.807) is 16.8 Å². The van der Waals surface area contributed by atoms with Gasteiger partial charge < -0.3 is 10.2 Å². The van der Waals surface area contributed by atoms with E-state index in [1.807, 2.05) is 0 Å². The maximum absolute atomic E-state index is 12.1. The van der Waals surface area contributed by atoms with Gasteiger partial charge in [0.25, 0.3) is 0 Å². The molecule has 1 aliphatic heterocycles. The second-order valence-corrected chi connectivity index (χ2v) is 6.61. The van der Waals surface area contributed by atoms with Gasteiger partial charge >= 0.3 is 0 Å². The fourth-order valence-corrected chi connectivity index (χ4v) is 3.65. The first kappa shape index (κ1) is 10.7. The van der Waals surface area contributed by atoms with E-state index >= 15 is 0 Å². The number of rotatable bonds is 3. The predicted molar refractivity (Wildman–Crippen MR) is 68.4 cm³/mol. The van der Waals surface area contributed by atoms with Crippen LogP contribution in [0.4, 0.5) is 5.13 Å². The highest BCUT2D eigenvalue weighted by molar-refractivity contribution is 7.13. The molecule has 1 N–H and O–H groups in total. The molecule has 1 aromatic rings. The van der Waals surface area contributed by atoms with Gasteiger partial charge in [-0.1, -0.05) is 11.3 Å². The van der Waals surface area contributed by atoms with Crippen LogP contribution in [0.2, 0.25) is 0 Å². The predicted octanol–water partition coefficient (Wildman–Crippen LogP) is 1.03. The van der Waals surface area contributed by atoms with Crippen molar-refractivity contribution in [2.75, 3.05) is 18.0 Å². The zero-order valence-corrected chi connectivity index (χ0v) is 10.9. The van der Waals surface area contributed by atoms with Crippen LogP contribution in [0, 0.1) is 11.3 Å². The number of anilines is 1. The Hall–Kier alpha value is -1.17. The lowest BCUT2D eigenvalue weighted by Gasteiger charge is -2.14. The Morgan fingerprint density at radius 2 is 2.44 bits per heavy atom. The van der Waals surface area contributed by atoms with Crippen LogP contribution in [0.5, 0.6) is 0 Å². The first-order valence-electron chi connectivity index (χ1n) is 6.58. The van der Waals surface area contributed by atoms with Crippen LogP contribution in [-0.2, 0) is 4.79 Å². The fraction of sp³-hybridized carbons (Fsp3) is 0.750. The van der Waals surface area contributed by atoms with Crippen molar-refractivity contribution in [1.29, 1.82) is 0 Å². The van der Waals surface area contributed by atoms with Crippen LogP contribution >= 0.6 is 11.3 Å². The van der Waals surface area contributed by atoms with Gasteiger partial charge in [-0.15, -0.1) is 10.2 Å². The van der Waals surface area contributed by atoms with E-state index in [2.05, 4.69) is 20.4 Å². The van der Waals surface area contributed by atoms with Crippen molar-refractivity contribution in [2.24, 2.45) is 11.3 Å². The summed E-state index contributed by atoms with van der Waals surface area (Å²) < 4.78 is 0. The summed E-state index contributed by atoms with van der Waals surface area (Å²) in [5.74, 6) is 0.535. The molecule has 6 heteroatoms. The van der Waals surface area contributed by atoms with Crippen molar-refractivity contribution in [1.82, 2.24) is 15.5 Å². The fourth-order valence-electron chi connectivity index (χ4n) is 3.06. The van der Waals surface area contributed by atoms with Crippen LogP contribution in [0.15, 0.2) is 5.51 Å². The molecule has 1 saturated heterocycles. The summed E-state index contributed by atoms with van der Waals surface area (Å²) in [4.78, 5) is 14.3. The number of hydrogen-bond donors (Lipinski definition) is 1. The number of hydrogen-bond acceptors (Lipinski definition) is 5. The Bertz CT molecular complexity index is 472. The third-order valence-electron chi connectivity index (χ3n) is 4.43. The molecule has 2 saturated carbocycles. The highest BCUT2D eigenvalue weighted by Gasteiger charge is 2.61. The van der Waals surface area contributed by atoms with E-state index < -0.39 is 0 Å². The van der Waals surface area contributed by atoms with E-state index in [9.17, 15) is 4.79 Å². The third-order valence-corrected chi connectivity index (χ3v) is 5.18. The molecular formula is C12H16N4OS. The van der Waals surface area contributed by atoms with Crippen molar-refractivity contribution >= 4 is 22.4 Å². The van der Waals surface area contributed by atoms with Gasteiger partial charge in [0.2, 0.25) is 11.0 Å². The van der Waals surface area contributed by atoms with Gasteiger partial charge in [0, 0.05) is 30.5 Å². The van der Waals surface area contributed by atoms with Crippen LogP contribution in [0.3, 0.4) is 0 Å². The first-order valence-corrected chi connectivity index (χ1v) is 7.46. The van der Waals surface area contributed by atoms with Crippen molar-refractivity contribution in [3.05, 3.63) is 5.51 Å². The summed E-state index contributed by atoms with van der Waals surface area (Å²) in [7, 11) is 0. The molecule has 2 atom stereocenters. The largest absolute Gasteiger partial charge is 0.353 e. The van der Waals surface area contributed by atoms with E-state index in [1.165, 1.54) is 12.8 Å². The normalized spacial score (nSPS) is 34.0. The van der Waals surface area contributed by atoms with Crippen molar-refractivity contribution in [3.63, 3.8) is 0 Å². The van der Waals surface area contributed by atoms with Gasteiger partial charge in [-0.2, -0.15) is 0 Å². The van der Waals surface area contributed by atoms with Crippen LogP contribution < -0.4 is 10.2 Å². The number of aromatic nitrogens is 2. The standard InChI is InChI=1S/C12H16N4OS/c17-10(14-8-1-2-8)9-5-12(9)3-4-16(6-12)11-15-13-7-18-11/h7-9H,1-6H2,(H,14,17)/t9-,12-/m1/s1. The highest BCUT2D eigenvalue weighted by Crippen LogP contribution is 2.59. The van der Waals surface area contributed by atoms with Crippen LogP contribution in [0.25, 0.3) is 0 Å². The summed E-state index contributed by atoms with van der Waals surface area (Å²) >= 11 is 1.58. The van der Waals surface area contributed by atoms with E-state index in [0.717, 1.165) is 31.1 Å². The monoisotopic (exact) mass is 264 g/mol. The number of amides is 1. The summed E-state index contributed by atoms with van der Waals surface area (Å²) in [5.41, 5.74) is 2.01. The molecule has 4 rings (SSSR count). The Morgan fingerprint density at radius 1 is 1.56 bits per heavy atom. The number of carbonyl (C=O) groups excluding carboxylic acids is 1. The number of nitrogens with zero attached hydrogens (tertiary/aromatic N) is 3. The Balaban J connectivity index is 1.40. The molecule has 5 nitrogen and oxygen atoms in total. The lowest BCUT2D eigenvalue weighted by Crippen LogP contribution is -2.30. The molecule has 2 aliphatic carbocycles. The third kappa shape index (κ3) is 1.70. The molecule has 3 fully saturated rings. The van der Waals surface area contributed by atoms with Gasteiger partial charge in [-0.3, -0.25) is 4.79 Å². The highest BCUT2D eigenvalue weighted by atomic mass is 32.1. The molecule has 1 spiro atoms. The Morgan fingerprint density at radius 3 is 3.17 bits per heavy atom. The molecule has 18 heavy (non-hydrogen) atoms. The van der Waals surface area contributed by atoms with Gasteiger partial charge in [0.1, 0.15) is 5.51 Å². The number of nitrogens with one attached hydrogen (secondary N) is 1. The SMILES string of the molecule is O=C(NC1CC1)[C@H]1C[C@@]12CCN(c1nncs1)C2. The molecule has 2 heterocycles. The topological polar surface area (TPSA) is 58.1 Å². The maximum Gasteiger partial charge on any atom is 0.223 e. The summed E-state index contributed by atoms with van der Waals surface area (Å²) in [6, 6.07) is 0.482. The second-order valence-electron chi connectivity index (χ2n) is 5.79. The van der Waals surface area contributed by atoms with Crippen molar-refractivity contribution in [2.45, 2.75) is 31.7 Å². The molecule has 0 aromatic carbocycles. The average Bonchev–Trinajstić information content (AvgIpc) is 3.15. The molecular weight excluding hydrogens is 248 g/mol. The minimum absolute atomic E-state index is 0.241. The summed E-state index contributed by atoms with van der Waals surface area (Å²) in [6.45, 7) is 1.99. The molecule has 96 valence electrons. The number of carbonyl (C=O) groups is 1. The van der Waals surface area contributed by atoms with Crippen molar-refractivity contribution < 1.29 is 4.79 Å². The van der Waals surface area contributed by atoms with Gasteiger partial charge in [0.05, 0.1) is 0 Å². The Labute approximate surface area is 110 Å². The average molecular weight is 264 g/mol. The minimum atomic E-state index is 0.241. The minimum Gasteiger partial charge on any atom is -0.353 e. The first-order chi connectivity index (χ1) is 8.77. The van der Waals surface area contributed by atoms with Crippen LogP contribution in [-0.4, -0.2) is 35.2 Å². The van der Waals surface area contributed by atoms with E-state index in [0.29, 0.717) is 6.04 Å².